The van der Waals surface area contributed by atoms with Crippen molar-refractivity contribution >= 4 is 21.6 Å². The molecule has 1 aromatic carbocycles. The standard InChI is InChI=1S/C14H9BrF3N3/c15-10-2-4-12(20-7-10)8-21-11-3-1-9(6-19)13(5-11)14(16,17)18/h1-5,7,21H,8H2. The first-order chi connectivity index (χ1) is 9.90. The largest absolute Gasteiger partial charge is 0.417 e. The Morgan fingerprint density at radius 2 is 2.00 bits per heavy atom. The third-order valence-electron chi connectivity index (χ3n) is 2.71. The van der Waals surface area contributed by atoms with Crippen LogP contribution in [0.15, 0.2) is 41.0 Å². The molecule has 1 N–H and O–H groups in total. The molecule has 0 aliphatic carbocycles. The van der Waals surface area contributed by atoms with Gasteiger partial charge in [-0.15, -0.1) is 0 Å². The number of anilines is 1. The molecule has 0 spiro atoms. The SMILES string of the molecule is N#Cc1ccc(NCc2ccc(Br)cn2)cc1C(F)(F)F. The second kappa shape index (κ2) is 6.14. The highest BCUT2D eigenvalue weighted by atomic mass is 79.9. The third-order valence-corrected chi connectivity index (χ3v) is 3.18. The van der Waals surface area contributed by atoms with Gasteiger partial charge in [0.1, 0.15) is 0 Å². The molecule has 7 heteroatoms. The molecule has 0 unspecified atom stereocenters. The Hall–Kier alpha value is -2.07. The number of nitrogens with zero attached hydrogens (tertiary/aromatic N) is 2. The van der Waals surface area contributed by atoms with Crippen molar-refractivity contribution in [2.75, 3.05) is 5.32 Å². The van der Waals surface area contributed by atoms with Crippen LogP contribution in [0.1, 0.15) is 16.8 Å². The summed E-state index contributed by atoms with van der Waals surface area (Å²) in [6, 6.07) is 8.61. The smallest absolute Gasteiger partial charge is 0.379 e. The van der Waals surface area contributed by atoms with Crippen LogP contribution in [0.2, 0.25) is 0 Å². The molecule has 2 aromatic rings. The number of halogens is 4. The van der Waals surface area contributed by atoms with Crippen molar-refractivity contribution in [2.45, 2.75) is 12.7 Å². The van der Waals surface area contributed by atoms with E-state index in [4.69, 9.17) is 5.26 Å². The summed E-state index contributed by atoms with van der Waals surface area (Å²) in [5.41, 5.74) is -0.365. The van der Waals surface area contributed by atoms with Gasteiger partial charge in [-0.1, -0.05) is 0 Å². The molecule has 0 saturated heterocycles. The molecule has 1 heterocycles. The number of nitriles is 1. The minimum absolute atomic E-state index is 0.283. The lowest BCUT2D eigenvalue weighted by Crippen LogP contribution is -2.09. The van der Waals surface area contributed by atoms with E-state index in [-0.39, 0.29) is 12.2 Å². The predicted molar refractivity (Wildman–Crippen MR) is 75.4 cm³/mol. The molecular weight excluding hydrogens is 347 g/mol. The first-order valence-electron chi connectivity index (χ1n) is 5.86. The lowest BCUT2D eigenvalue weighted by atomic mass is 10.1. The number of hydrogen-bond acceptors (Lipinski definition) is 3. The monoisotopic (exact) mass is 355 g/mol. The Kier molecular flexibility index (Phi) is 4.48. The maximum Gasteiger partial charge on any atom is 0.417 e. The maximum atomic E-state index is 12.8. The number of aromatic nitrogens is 1. The number of nitrogens with one attached hydrogen (secondary N) is 1. The Morgan fingerprint density at radius 3 is 2.57 bits per heavy atom. The zero-order chi connectivity index (χ0) is 15.5. The average molecular weight is 356 g/mol. The van der Waals surface area contributed by atoms with E-state index in [2.05, 4.69) is 26.2 Å². The molecule has 0 bridgehead atoms. The van der Waals surface area contributed by atoms with Gasteiger partial charge in [0, 0.05) is 16.4 Å². The summed E-state index contributed by atoms with van der Waals surface area (Å²) in [4.78, 5) is 4.11. The van der Waals surface area contributed by atoms with Gasteiger partial charge < -0.3 is 5.32 Å². The second-order valence-corrected chi connectivity index (χ2v) is 5.11. The fourth-order valence-corrected chi connectivity index (χ4v) is 1.92. The summed E-state index contributed by atoms with van der Waals surface area (Å²) in [6.07, 6.45) is -2.95. The highest BCUT2D eigenvalue weighted by Crippen LogP contribution is 2.33. The van der Waals surface area contributed by atoms with Crippen molar-refractivity contribution in [3.8, 4) is 6.07 Å². The minimum Gasteiger partial charge on any atom is -0.379 e. The first kappa shape index (κ1) is 15.3. The van der Waals surface area contributed by atoms with E-state index in [1.165, 1.54) is 6.07 Å². The number of pyridine rings is 1. The van der Waals surface area contributed by atoms with E-state index in [0.29, 0.717) is 5.69 Å². The van der Waals surface area contributed by atoms with Crippen molar-refractivity contribution in [3.63, 3.8) is 0 Å². The fourth-order valence-electron chi connectivity index (χ4n) is 1.69. The first-order valence-corrected chi connectivity index (χ1v) is 6.65. The summed E-state index contributed by atoms with van der Waals surface area (Å²) in [5.74, 6) is 0. The highest BCUT2D eigenvalue weighted by molar-refractivity contribution is 9.10. The van der Waals surface area contributed by atoms with Gasteiger partial charge in [0.2, 0.25) is 0 Å². The molecule has 0 saturated carbocycles. The van der Waals surface area contributed by atoms with E-state index < -0.39 is 17.3 Å². The summed E-state index contributed by atoms with van der Waals surface area (Å²) >= 11 is 3.25. The zero-order valence-corrected chi connectivity index (χ0v) is 12.2. The van der Waals surface area contributed by atoms with Crippen molar-refractivity contribution in [1.82, 2.24) is 4.98 Å². The van der Waals surface area contributed by atoms with E-state index in [1.807, 2.05) is 0 Å². The van der Waals surface area contributed by atoms with Crippen LogP contribution in [0, 0.1) is 11.3 Å². The molecule has 0 aliphatic rings. The zero-order valence-electron chi connectivity index (χ0n) is 10.6. The normalized spacial score (nSPS) is 11.0. The van der Waals surface area contributed by atoms with Crippen LogP contribution in [-0.2, 0) is 12.7 Å². The Labute approximate surface area is 127 Å². The van der Waals surface area contributed by atoms with Crippen molar-refractivity contribution in [2.24, 2.45) is 0 Å². The van der Waals surface area contributed by atoms with Crippen molar-refractivity contribution in [1.29, 1.82) is 5.26 Å². The molecule has 21 heavy (non-hydrogen) atoms. The van der Waals surface area contributed by atoms with Crippen LogP contribution in [-0.4, -0.2) is 4.98 Å². The molecule has 0 atom stereocenters. The van der Waals surface area contributed by atoms with Gasteiger partial charge >= 0.3 is 6.18 Å². The number of benzene rings is 1. The third kappa shape index (κ3) is 3.95. The van der Waals surface area contributed by atoms with Crippen LogP contribution in [0.3, 0.4) is 0 Å². The van der Waals surface area contributed by atoms with E-state index in [0.717, 1.165) is 16.6 Å². The highest BCUT2D eigenvalue weighted by Gasteiger charge is 2.33. The maximum absolute atomic E-state index is 12.8. The van der Waals surface area contributed by atoms with Crippen LogP contribution in [0.5, 0.6) is 0 Å². The van der Waals surface area contributed by atoms with E-state index >= 15 is 0 Å². The summed E-state index contributed by atoms with van der Waals surface area (Å²) in [6.45, 7) is 0.288. The molecule has 0 amide bonds. The van der Waals surface area contributed by atoms with Gasteiger partial charge in [0.25, 0.3) is 0 Å². The lowest BCUT2D eigenvalue weighted by molar-refractivity contribution is -0.137. The van der Waals surface area contributed by atoms with Gasteiger partial charge in [-0.2, -0.15) is 18.4 Å². The van der Waals surface area contributed by atoms with Crippen LogP contribution >= 0.6 is 15.9 Å². The van der Waals surface area contributed by atoms with Crippen molar-refractivity contribution in [3.05, 3.63) is 57.8 Å². The lowest BCUT2D eigenvalue weighted by Gasteiger charge is -2.12. The molecular formula is C14H9BrF3N3. The average Bonchev–Trinajstić information content (AvgIpc) is 2.45. The fraction of sp³-hybridized carbons (Fsp3) is 0.143. The van der Waals surface area contributed by atoms with Crippen LogP contribution < -0.4 is 5.32 Å². The summed E-state index contributed by atoms with van der Waals surface area (Å²) < 4.78 is 39.3. The topological polar surface area (TPSA) is 48.7 Å². The molecule has 108 valence electrons. The van der Waals surface area contributed by atoms with E-state index in [9.17, 15) is 13.2 Å². The van der Waals surface area contributed by atoms with Crippen LogP contribution in [0.25, 0.3) is 0 Å². The van der Waals surface area contributed by atoms with Gasteiger partial charge in [0.05, 0.1) is 29.4 Å². The Bertz CT molecular complexity index is 675. The number of rotatable bonds is 3. The number of alkyl halides is 3. The second-order valence-electron chi connectivity index (χ2n) is 4.19. The summed E-state index contributed by atoms with van der Waals surface area (Å²) in [7, 11) is 0. The van der Waals surface area contributed by atoms with Gasteiger partial charge in [-0.05, 0) is 46.3 Å². The van der Waals surface area contributed by atoms with E-state index in [1.54, 1.807) is 24.4 Å². The molecule has 3 nitrogen and oxygen atoms in total. The molecule has 0 radical (unpaired) electrons. The minimum atomic E-state index is -4.56. The van der Waals surface area contributed by atoms with Crippen LogP contribution in [0.4, 0.5) is 18.9 Å². The number of hydrogen-bond donors (Lipinski definition) is 1. The van der Waals surface area contributed by atoms with Gasteiger partial charge in [-0.3, -0.25) is 4.98 Å². The molecule has 0 aliphatic heterocycles. The Morgan fingerprint density at radius 1 is 1.24 bits per heavy atom. The van der Waals surface area contributed by atoms with Crippen molar-refractivity contribution < 1.29 is 13.2 Å². The van der Waals surface area contributed by atoms with Gasteiger partial charge in [-0.25, -0.2) is 0 Å². The molecule has 0 fully saturated rings. The van der Waals surface area contributed by atoms with Gasteiger partial charge in [0.15, 0.2) is 0 Å². The predicted octanol–water partition coefficient (Wildman–Crippen LogP) is 4.35. The summed E-state index contributed by atoms with van der Waals surface area (Å²) in [5, 5.41) is 11.6. The Balaban J connectivity index is 2.18. The molecule has 2 rings (SSSR count). The molecule has 1 aromatic heterocycles. The quantitative estimate of drug-likeness (QED) is 0.890.